The summed E-state index contributed by atoms with van der Waals surface area (Å²) in [7, 11) is 1.59. The van der Waals surface area contributed by atoms with Crippen molar-refractivity contribution in [2.24, 2.45) is 0 Å². The van der Waals surface area contributed by atoms with Gasteiger partial charge in [-0.15, -0.1) is 11.3 Å². The second kappa shape index (κ2) is 10.3. The Morgan fingerprint density at radius 2 is 1.61 bits per heavy atom. The van der Waals surface area contributed by atoms with E-state index in [9.17, 15) is 9.59 Å². The summed E-state index contributed by atoms with van der Waals surface area (Å²) < 4.78 is 5.11. The Kier molecular flexibility index (Phi) is 7.02. The molecule has 0 aliphatic rings. The van der Waals surface area contributed by atoms with Gasteiger partial charge in [-0.25, -0.2) is 4.98 Å². The van der Waals surface area contributed by atoms with Crippen LogP contribution in [0.1, 0.15) is 16.1 Å². The summed E-state index contributed by atoms with van der Waals surface area (Å²) in [5.74, 6) is 0.278. The summed E-state index contributed by atoms with van der Waals surface area (Å²) in [6.07, 6.45) is 0.140. The Labute approximate surface area is 200 Å². The third kappa shape index (κ3) is 5.77. The minimum absolute atomic E-state index is 0.140. The molecule has 0 atom stereocenters. The second-order valence-electron chi connectivity index (χ2n) is 7.11. The molecule has 33 heavy (non-hydrogen) atoms. The number of rotatable bonds is 7. The van der Waals surface area contributed by atoms with Crippen molar-refractivity contribution in [1.29, 1.82) is 0 Å². The van der Waals surface area contributed by atoms with Crippen LogP contribution in [-0.2, 0) is 11.2 Å². The van der Waals surface area contributed by atoms with Crippen molar-refractivity contribution in [2.45, 2.75) is 6.42 Å². The molecule has 0 radical (unpaired) electrons. The average molecular weight is 478 g/mol. The van der Waals surface area contributed by atoms with E-state index in [4.69, 9.17) is 16.3 Å². The third-order valence-corrected chi connectivity index (χ3v) is 6.03. The van der Waals surface area contributed by atoms with Gasteiger partial charge in [-0.2, -0.15) is 0 Å². The van der Waals surface area contributed by atoms with Crippen molar-refractivity contribution in [3.63, 3.8) is 0 Å². The minimum atomic E-state index is -0.243. The van der Waals surface area contributed by atoms with Crippen LogP contribution >= 0.6 is 22.9 Å². The Morgan fingerprint density at radius 3 is 2.30 bits per heavy atom. The zero-order valence-electron chi connectivity index (χ0n) is 17.7. The zero-order valence-corrected chi connectivity index (χ0v) is 19.2. The van der Waals surface area contributed by atoms with Gasteiger partial charge in [-0.1, -0.05) is 29.8 Å². The van der Waals surface area contributed by atoms with E-state index in [0.717, 1.165) is 10.6 Å². The number of nitrogens with one attached hydrogen (secondary N) is 2. The molecule has 1 heterocycles. The molecule has 2 amide bonds. The molecule has 0 saturated heterocycles. The van der Waals surface area contributed by atoms with Gasteiger partial charge >= 0.3 is 0 Å². The van der Waals surface area contributed by atoms with Crippen LogP contribution in [0.3, 0.4) is 0 Å². The maximum absolute atomic E-state index is 12.4. The molecule has 3 aromatic carbocycles. The number of aromatic nitrogens is 1. The van der Waals surface area contributed by atoms with Crippen LogP contribution in [-0.4, -0.2) is 23.9 Å². The van der Waals surface area contributed by atoms with E-state index in [1.54, 1.807) is 55.6 Å². The van der Waals surface area contributed by atoms with Gasteiger partial charge in [0.1, 0.15) is 10.8 Å². The Hall–Kier alpha value is -3.68. The number of thiazole rings is 1. The fourth-order valence-corrected chi connectivity index (χ4v) is 4.24. The molecule has 6 nitrogen and oxygen atoms in total. The summed E-state index contributed by atoms with van der Waals surface area (Å²) >= 11 is 7.67. The summed E-state index contributed by atoms with van der Waals surface area (Å²) in [5.41, 5.74) is 3.26. The first-order valence-corrected chi connectivity index (χ1v) is 11.3. The van der Waals surface area contributed by atoms with E-state index < -0.39 is 0 Å². The molecule has 0 aliphatic heterocycles. The second-order valence-corrected chi connectivity index (χ2v) is 8.37. The van der Waals surface area contributed by atoms with Gasteiger partial charge in [-0.3, -0.25) is 9.59 Å². The molecule has 0 aliphatic carbocycles. The van der Waals surface area contributed by atoms with Crippen molar-refractivity contribution >= 4 is 46.1 Å². The van der Waals surface area contributed by atoms with Gasteiger partial charge in [0.25, 0.3) is 5.91 Å². The number of carbonyl (C=O) groups is 2. The van der Waals surface area contributed by atoms with E-state index in [0.29, 0.717) is 33.4 Å². The van der Waals surface area contributed by atoms with Crippen LogP contribution in [0.15, 0.2) is 78.2 Å². The summed E-state index contributed by atoms with van der Waals surface area (Å²) in [6, 6.07) is 21.2. The monoisotopic (exact) mass is 477 g/mol. The Morgan fingerprint density at radius 1 is 0.939 bits per heavy atom. The highest BCUT2D eigenvalue weighted by atomic mass is 35.5. The van der Waals surface area contributed by atoms with Crippen molar-refractivity contribution in [1.82, 2.24) is 4.98 Å². The number of benzene rings is 3. The van der Waals surface area contributed by atoms with Crippen molar-refractivity contribution in [3.8, 4) is 16.3 Å². The number of hydrogen-bond acceptors (Lipinski definition) is 5. The number of anilines is 2. The smallest absolute Gasteiger partial charge is 0.255 e. The van der Waals surface area contributed by atoms with Gasteiger partial charge in [0.05, 0.1) is 24.2 Å². The maximum Gasteiger partial charge on any atom is 0.255 e. The average Bonchev–Trinajstić information content (AvgIpc) is 3.28. The van der Waals surface area contributed by atoms with Gasteiger partial charge in [0.2, 0.25) is 5.91 Å². The molecule has 4 rings (SSSR count). The Bertz CT molecular complexity index is 1270. The lowest BCUT2D eigenvalue weighted by molar-refractivity contribution is -0.115. The molecule has 0 spiro atoms. The number of nitrogens with zero attached hydrogens (tertiary/aromatic N) is 1. The molecule has 4 aromatic rings. The minimum Gasteiger partial charge on any atom is -0.497 e. The molecule has 0 bridgehead atoms. The number of amides is 2. The van der Waals surface area contributed by atoms with Crippen LogP contribution in [0, 0.1) is 0 Å². The number of halogens is 1. The van der Waals surface area contributed by atoms with Gasteiger partial charge in [0.15, 0.2) is 0 Å². The lowest BCUT2D eigenvalue weighted by Gasteiger charge is -2.08. The standard InChI is InChI=1S/C25H20ClN3O3S/c1-32-20-12-10-18(11-13-20)28-24(31)16-6-8-17(9-7-16)27-23(30)14-19-15-33-25(29-19)21-4-2-3-5-22(21)26/h2-13,15H,14H2,1H3,(H,27,30)(H,28,31). The Balaban J connectivity index is 1.33. The SMILES string of the molecule is COc1ccc(NC(=O)c2ccc(NC(=O)Cc3csc(-c4ccccc4Cl)n3)cc2)cc1. The normalized spacial score (nSPS) is 10.5. The largest absolute Gasteiger partial charge is 0.497 e. The topological polar surface area (TPSA) is 80.3 Å². The van der Waals surface area contributed by atoms with Crippen molar-refractivity contribution in [3.05, 3.63) is 94.5 Å². The predicted octanol–water partition coefficient (Wildman–Crippen LogP) is 5.91. The fraction of sp³-hybridized carbons (Fsp3) is 0.0800. The third-order valence-electron chi connectivity index (χ3n) is 4.78. The van der Waals surface area contributed by atoms with Gasteiger partial charge in [-0.05, 0) is 54.6 Å². The fourth-order valence-electron chi connectivity index (χ4n) is 3.10. The molecule has 0 saturated carbocycles. The molecule has 166 valence electrons. The molecule has 8 heteroatoms. The van der Waals surface area contributed by atoms with Crippen molar-refractivity contribution < 1.29 is 14.3 Å². The van der Waals surface area contributed by atoms with Crippen LogP contribution < -0.4 is 15.4 Å². The lowest BCUT2D eigenvalue weighted by Crippen LogP contribution is -2.15. The van der Waals surface area contributed by atoms with Gasteiger partial charge < -0.3 is 15.4 Å². The van der Waals surface area contributed by atoms with Crippen LogP contribution in [0.2, 0.25) is 5.02 Å². The molecular formula is C25H20ClN3O3S. The summed E-state index contributed by atoms with van der Waals surface area (Å²) in [5, 5.41) is 8.91. The van der Waals surface area contributed by atoms with E-state index in [2.05, 4.69) is 15.6 Å². The molecule has 0 unspecified atom stereocenters. The van der Waals surface area contributed by atoms with Crippen LogP contribution in [0.4, 0.5) is 11.4 Å². The highest BCUT2D eigenvalue weighted by Gasteiger charge is 2.12. The van der Waals surface area contributed by atoms with Gasteiger partial charge in [0, 0.05) is 27.9 Å². The molecule has 0 fully saturated rings. The number of ether oxygens (including phenoxy) is 1. The first-order valence-electron chi connectivity index (χ1n) is 10.1. The highest BCUT2D eigenvalue weighted by Crippen LogP contribution is 2.30. The molecule has 1 aromatic heterocycles. The number of carbonyl (C=O) groups excluding carboxylic acids is 2. The maximum atomic E-state index is 12.4. The zero-order chi connectivity index (χ0) is 23.2. The summed E-state index contributed by atoms with van der Waals surface area (Å²) in [4.78, 5) is 29.4. The first kappa shape index (κ1) is 22.5. The van der Waals surface area contributed by atoms with Crippen LogP contribution in [0.5, 0.6) is 5.75 Å². The van der Waals surface area contributed by atoms with E-state index in [1.165, 1.54) is 11.3 Å². The molecule has 2 N–H and O–H groups in total. The predicted molar refractivity (Wildman–Crippen MR) is 132 cm³/mol. The van der Waals surface area contributed by atoms with E-state index in [-0.39, 0.29) is 18.2 Å². The van der Waals surface area contributed by atoms with Crippen LogP contribution in [0.25, 0.3) is 10.6 Å². The number of methoxy groups -OCH3 is 1. The first-order chi connectivity index (χ1) is 16.0. The lowest BCUT2D eigenvalue weighted by atomic mass is 10.2. The number of hydrogen-bond donors (Lipinski definition) is 2. The summed E-state index contributed by atoms with van der Waals surface area (Å²) in [6.45, 7) is 0. The quantitative estimate of drug-likeness (QED) is 0.347. The van der Waals surface area contributed by atoms with E-state index >= 15 is 0 Å². The highest BCUT2D eigenvalue weighted by molar-refractivity contribution is 7.13. The molecular weight excluding hydrogens is 458 g/mol. The van der Waals surface area contributed by atoms with E-state index in [1.807, 2.05) is 29.6 Å². The van der Waals surface area contributed by atoms with Crippen molar-refractivity contribution in [2.75, 3.05) is 17.7 Å².